The van der Waals surface area contributed by atoms with Gasteiger partial charge in [-0.3, -0.25) is 14.5 Å². The number of amides is 2. The number of benzene rings is 2. The number of thioether (sulfide) groups is 1. The summed E-state index contributed by atoms with van der Waals surface area (Å²) in [6.45, 7) is 2.36. The summed E-state index contributed by atoms with van der Waals surface area (Å²) < 4.78 is 5.12. The summed E-state index contributed by atoms with van der Waals surface area (Å²) >= 11 is 7.30. The van der Waals surface area contributed by atoms with Crippen LogP contribution in [0.1, 0.15) is 13.3 Å². The number of carbonyl (C=O) groups is 2. The molecule has 0 aromatic heterocycles. The zero-order valence-corrected chi connectivity index (χ0v) is 17.1. The van der Waals surface area contributed by atoms with E-state index in [0.29, 0.717) is 33.9 Å². The quantitative estimate of drug-likeness (QED) is 0.786. The molecule has 6 nitrogen and oxygen atoms in total. The van der Waals surface area contributed by atoms with Crippen LogP contribution in [0.3, 0.4) is 0 Å². The molecule has 1 saturated heterocycles. The zero-order valence-electron chi connectivity index (χ0n) is 15.5. The summed E-state index contributed by atoms with van der Waals surface area (Å²) in [5.74, 6) is 0.338. The Balaban J connectivity index is 1.78. The number of nitrogens with one attached hydrogen (secondary N) is 1. The monoisotopic (exact) mass is 417 g/mol. The second-order valence-electron chi connectivity index (χ2n) is 6.04. The highest BCUT2D eigenvalue weighted by molar-refractivity contribution is 8.15. The van der Waals surface area contributed by atoms with Crippen LogP contribution >= 0.6 is 23.4 Å². The number of carbonyl (C=O) groups excluding carboxylic acids is 2. The van der Waals surface area contributed by atoms with Gasteiger partial charge in [0.05, 0.1) is 12.8 Å². The molecule has 2 aromatic carbocycles. The van der Waals surface area contributed by atoms with Gasteiger partial charge >= 0.3 is 0 Å². The molecule has 2 amide bonds. The van der Waals surface area contributed by atoms with Crippen LogP contribution in [-0.2, 0) is 9.59 Å². The third kappa shape index (κ3) is 4.85. The fourth-order valence-corrected chi connectivity index (χ4v) is 4.05. The van der Waals surface area contributed by atoms with Gasteiger partial charge in [0.15, 0.2) is 5.17 Å². The van der Waals surface area contributed by atoms with Gasteiger partial charge in [-0.25, -0.2) is 4.99 Å². The average Bonchev–Trinajstić information content (AvgIpc) is 2.68. The summed E-state index contributed by atoms with van der Waals surface area (Å²) in [7, 11) is 1.58. The highest BCUT2D eigenvalue weighted by Crippen LogP contribution is 2.30. The molecular formula is C20H20ClN3O3S. The van der Waals surface area contributed by atoms with Gasteiger partial charge in [-0.15, -0.1) is 0 Å². The van der Waals surface area contributed by atoms with Crippen molar-refractivity contribution in [2.24, 2.45) is 4.99 Å². The summed E-state index contributed by atoms with van der Waals surface area (Å²) in [6, 6.07) is 14.1. The van der Waals surface area contributed by atoms with E-state index in [9.17, 15) is 9.59 Å². The Kier molecular flexibility index (Phi) is 6.59. The highest BCUT2D eigenvalue weighted by atomic mass is 35.5. The highest BCUT2D eigenvalue weighted by Gasteiger charge is 2.35. The summed E-state index contributed by atoms with van der Waals surface area (Å²) in [5, 5.41) is 3.34. The molecule has 146 valence electrons. The number of aliphatic imine (C=N–C) groups is 1. The number of nitrogens with zero attached hydrogens (tertiary/aromatic N) is 2. The van der Waals surface area contributed by atoms with Crippen molar-refractivity contribution in [1.29, 1.82) is 0 Å². The number of hydrogen-bond acceptors (Lipinski definition) is 5. The van der Waals surface area contributed by atoms with E-state index in [1.165, 1.54) is 11.8 Å². The third-order valence-corrected chi connectivity index (χ3v) is 5.56. The maximum atomic E-state index is 12.7. The van der Waals surface area contributed by atoms with Crippen LogP contribution in [0.5, 0.6) is 5.75 Å². The minimum atomic E-state index is -0.560. The van der Waals surface area contributed by atoms with Gasteiger partial charge in [0.2, 0.25) is 11.8 Å². The molecular weight excluding hydrogens is 398 g/mol. The lowest BCUT2D eigenvalue weighted by Crippen LogP contribution is -2.45. The number of methoxy groups -OCH3 is 1. The second kappa shape index (κ2) is 9.12. The van der Waals surface area contributed by atoms with E-state index >= 15 is 0 Å². The van der Waals surface area contributed by atoms with Gasteiger partial charge in [0, 0.05) is 23.7 Å². The van der Waals surface area contributed by atoms with Gasteiger partial charge < -0.3 is 10.1 Å². The second-order valence-corrected chi connectivity index (χ2v) is 7.65. The first-order valence-electron chi connectivity index (χ1n) is 8.76. The van der Waals surface area contributed by atoms with E-state index in [0.717, 1.165) is 0 Å². The molecule has 8 heteroatoms. The third-order valence-electron chi connectivity index (χ3n) is 4.14. The fraction of sp³-hybridized carbons (Fsp3) is 0.250. The molecule has 3 rings (SSSR count). The summed E-state index contributed by atoms with van der Waals surface area (Å²) in [6.07, 6.45) is 0.120. The van der Waals surface area contributed by atoms with Crippen molar-refractivity contribution >= 4 is 51.7 Å². The van der Waals surface area contributed by atoms with Crippen LogP contribution < -0.4 is 10.1 Å². The SMILES string of the molecule is CCN1C(=O)C[C@@H](C(=O)Nc2ccc(OC)cc2)SC1=Nc1cccc(Cl)c1. The van der Waals surface area contributed by atoms with Crippen molar-refractivity contribution in [3.8, 4) is 5.75 Å². The molecule has 1 N–H and O–H groups in total. The Morgan fingerprint density at radius 2 is 2.07 bits per heavy atom. The van der Waals surface area contributed by atoms with Crippen molar-refractivity contribution < 1.29 is 14.3 Å². The number of ether oxygens (including phenoxy) is 1. The molecule has 2 aromatic rings. The van der Waals surface area contributed by atoms with Gasteiger partial charge in [-0.1, -0.05) is 29.4 Å². The maximum Gasteiger partial charge on any atom is 0.238 e. The molecule has 0 radical (unpaired) electrons. The van der Waals surface area contributed by atoms with Crippen LogP contribution in [0.2, 0.25) is 5.02 Å². The first-order chi connectivity index (χ1) is 13.5. The van der Waals surface area contributed by atoms with E-state index in [1.54, 1.807) is 60.5 Å². The van der Waals surface area contributed by atoms with Gasteiger partial charge in [-0.05, 0) is 49.4 Å². The minimum absolute atomic E-state index is 0.120. The summed E-state index contributed by atoms with van der Waals surface area (Å²) in [5.41, 5.74) is 1.28. The number of hydrogen-bond donors (Lipinski definition) is 1. The van der Waals surface area contributed by atoms with Crippen molar-refractivity contribution in [3.63, 3.8) is 0 Å². The van der Waals surface area contributed by atoms with Crippen molar-refractivity contribution in [2.45, 2.75) is 18.6 Å². The van der Waals surface area contributed by atoms with Crippen LogP contribution in [0.4, 0.5) is 11.4 Å². The van der Waals surface area contributed by atoms with Gasteiger partial charge in [0.25, 0.3) is 0 Å². The molecule has 0 aliphatic carbocycles. The van der Waals surface area contributed by atoms with E-state index in [1.807, 2.05) is 6.92 Å². The minimum Gasteiger partial charge on any atom is -0.497 e. The first-order valence-corrected chi connectivity index (χ1v) is 10.0. The number of amidine groups is 1. The molecule has 1 fully saturated rings. The predicted molar refractivity (Wildman–Crippen MR) is 114 cm³/mol. The topological polar surface area (TPSA) is 71.0 Å². The lowest BCUT2D eigenvalue weighted by atomic mass is 10.2. The van der Waals surface area contributed by atoms with Crippen LogP contribution in [0, 0.1) is 0 Å². The molecule has 1 aliphatic heterocycles. The van der Waals surface area contributed by atoms with Crippen molar-refractivity contribution in [2.75, 3.05) is 19.0 Å². The first kappa shape index (κ1) is 20.2. The van der Waals surface area contributed by atoms with Crippen LogP contribution in [0.15, 0.2) is 53.5 Å². The Bertz CT molecular complexity index is 902. The van der Waals surface area contributed by atoms with Crippen LogP contribution in [-0.4, -0.2) is 40.8 Å². The van der Waals surface area contributed by atoms with Crippen LogP contribution in [0.25, 0.3) is 0 Å². The zero-order chi connectivity index (χ0) is 20.1. The summed E-state index contributed by atoms with van der Waals surface area (Å²) in [4.78, 5) is 31.4. The molecule has 0 unspecified atom stereocenters. The molecule has 0 saturated carbocycles. The Morgan fingerprint density at radius 1 is 1.32 bits per heavy atom. The normalized spacial score (nSPS) is 18.2. The lowest BCUT2D eigenvalue weighted by Gasteiger charge is -2.30. The fourth-order valence-electron chi connectivity index (χ4n) is 2.71. The average molecular weight is 418 g/mol. The van der Waals surface area contributed by atoms with Gasteiger partial charge in [0.1, 0.15) is 11.0 Å². The molecule has 0 spiro atoms. The van der Waals surface area contributed by atoms with Crippen molar-refractivity contribution in [3.05, 3.63) is 53.6 Å². The number of halogens is 1. The number of anilines is 1. The molecule has 0 bridgehead atoms. The molecule has 28 heavy (non-hydrogen) atoms. The standard InChI is InChI=1S/C20H20ClN3O3S/c1-3-24-18(25)12-17(19(26)22-14-7-9-16(27-2)10-8-14)28-20(24)23-15-6-4-5-13(21)11-15/h4-11,17H,3,12H2,1-2H3,(H,22,26)/t17-/m0/s1. The van der Waals surface area contributed by atoms with Crippen molar-refractivity contribution in [1.82, 2.24) is 4.90 Å². The Morgan fingerprint density at radius 3 is 2.71 bits per heavy atom. The van der Waals surface area contributed by atoms with Gasteiger partial charge in [-0.2, -0.15) is 0 Å². The maximum absolute atomic E-state index is 12.7. The Labute approximate surface area is 172 Å². The lowest BCUT2D eigenvalue weighted by molar-refractivity contribution is -0.129. The predicted octanol–water partition coefficient (Wildman–Crippen LogP) is 4.33. The Hall–Kier alpha value is -2.51. The molecule has 1 aliphatic rings. The molecule has 1 heterocycles. The smallest absolute Gasteiger partial charge is 0.238 e. The van der Waals surface area contributed by atoms with E-state index in [-0.39, 0.29) is 18.2 Å². The number of rotatable bonds is 5. The molecule has 1 atom stereocenters. The van der Waals surface area contributed by atoms with E-state index in [4.69, 9.17) is 16.3 Å². The van der Waals surface area contributed by atoms with E-state index in [2.05, 4.69) is 10.3 Å². The largest absolute Gasteiger partial charge is 0.497 e. The van der Waals surface area contributed by atoms with E-state index < -0.39 is 5.25 Å².